The molecule has 4 nitrogen and oxygen atoms in total. The van der Waals surface area contributed by atoms with E-state index >= 15 is 0 Å². The summed E-state index contributed by atoms with van der Waals surface area (Å²) >= 11 is 6.29. The number of aryl methyl sites for hydroxylation is 2. The van der Waals surface area contributed by atoms with Crippen LogP contribution in [0.2, 0.25) is 5.02 Å². The zero-order chi connectivity index (χ0) is 19.4. The lowest BCUT2D eigenvalue weighted by atomic mass is 10.1. The Kier molecular flexibility index (Phi) is 5.77. The van der Waals surface area contributed by atoms with Crippen molar-refractivity contribution in [1.82, 2.24) is 4.98 Å². The Morgan fingerprint density at radius 1 is 1.07 bits per heavy atom. The van der Waals surface area contributed by atoms with Gasteiger partial charge in [-0.15, -0.1) is 0 Å². The fourth-order valence-electron chi connectivity index (χ4n) is 2.98. The number of anilines is 2. The molecule has 3 rings (SSSR count). The van der Waals surface area contributed by atoms with Gasteiger partial charge >= 0.3 is 0 Å². The van der Waals surface area contributed by atoms with Crippen LogP contribution in [0.1, 0.15) is 40.0 Å². The van der Waals surface area contributed by atoms with Gasteiger partial charge in [0.25, 0.3) is 5.91 Å². The Morgan fingerprint density at radius 2 is 1.81 bits per heavy atom. The number of nitrogens with zero attached hydrogens (tertiary/aromatic N) is 1. The van der Waals surface area contributed by atoms with Crippen LogP contribution in [0.15, 0.2) is 60.9 Å². The first kappa shape index (κ1) is 18.9. The van der Waals surface area contributed by atoms with Crippen molar-refractivity contribution in [1.29, 1.82) is 0 Å². The molecule has 2 N–H and O–H groups in total. The van der Waals surface area contributed by atoms with E-state index in [-0.39, 0.29) is 11.9 Å². The Balaban J connectivity index is 1.76. The third kappa shape index (κ3) is 4.66. The van der Waals surface area contributed by atoms with Crippen molar-refractivity contribution in [2.24, 2.45) is 0 Å². The second-order valence-electron chi connectivity index (χ2n) is 6.63. The maximum Gasteiger partial charge on any atom is 0.257 e. The van der Waals surface area contributed by atoms with Crippen LogP contribution in [0.4, 0.5) is 11.4 Å². The Morgan fingerprint density at radius 3 is 2.52 bits per heavy atom. The van der Waals surface area contributed by atoms with Crippen LogP contribution in [-0.2, 0) is 0 Å². The van der Waals surface area contributed by atoms with E-state index in [9.17, 15) is 4.79 Å². The van der Waals surface area contributed by atoms with Gasteiger partial charge in [-0.3, -0.25) is 9.78 Å². The number of pyridine rings is 1. The van der Waals surface area contributed by atoms with E-state index in [4.69, 9.17) is 11.6 Å². The van der Waals surface area contributed by atoms with Gasteiger partial charge < -0.3 is 10.6 Å². The van der Waals surface area contributed by atoms with Gasteiger partial charge in [-0.2, -0.15) is 0 Å². The van der Waals surface area contributed by atoms with Crippen LogP contribution in [0, 0.1) is 13.8 Å². The number of carbonyl (C=O) groups excluding carboxylic acids is 1. The predicted molar refractivity (Wildman–Crippen MR) is 112 cm³/mol. The number of hydrogen-bond donors (Lipinski definition) is 2. The number of nitrogens with one attached hydrogen (secondary N) is 2. The lowest BCUT2D eigenvalue weighted by Gasteiger charge is -2.16. The van der Waals surface area contributed by atoms with E-state index in [0.717, 1.165) is 22.4 Å². The molecule has 0 fully saturated rings. The van der Waals surface area contributed by atoms with Crippen LogP contribution >= 0.6 is 11.6 Å². The van der Waals surface area contributed by atoms with Crippen molar-refractivity contribution in [2.75, 3.05) is 10.6 Å². The van der Waals surface area contributed by atoms with E-state index in [2.05, 4.69) is 34.7 Å². The highest BCUT2D eigenvalue weighted by atomic mass is 35.5. The number of amides is 1. The van der Waals surface area contributed by atoms with Gasteiger partial charge in [0.05, 0.1) is 22.0 Å². The Labute approximate surface area is 164 Å². The van der Waals surface area contributed by atoms with Crippen molar-refractivity contribution in [3.63, 3.8) is 0 Å². The van der Waals surface area contributed by atoms with Crippen molar-refractivity contribution in [3.05, 3.63) is 88.2 Å². The van der Waals surface area contributed by atoms with Gasteiger partial charge in [-0.25, -0.2) is 0 Å². The fourth-order valence-corrected chi connectivity index (χ4v) is 3.35. The van der Waals surface area contributed by atoms with Gasteiger partial charge in [-0.05, 0) is 49.6 Å². The summed E-state index contributed by atoms with van der Waals surface area (Å²) in [6.07, 6.45) is 3.26. The summed E-state index contributed by atoms with van der Waals surface area (Å²) in [6.45, 7) is 5.96. The van der Waals surface area contributed by atoms with Crippen molar-refractivity contribution >= 4 is 28.9 Å². The molecule has 1 atom stereocenters. The van der Waals surface area contributed by atoms with Gasteiger partial charge in [-0.1, -0.05) is 48.0 Å². The van der Waals surface area contributed by atoms with Gasteiger partial charge in [0.1, 0.15) is 0 Å². The monoisotopic (exact) mass is 379 g/mol. The molecule has 0 saturated heterocycles. The van der Waals surface area contributed by atoms with Crippen molar-refractivity contribution in [3.8, 4) is 0 Å². The number of halogens is 1. The van der Waals surface area contributed by atoms with E-state index in [1.165, 1.54) is 0 Å². The molecule has 1 heterocycles. The maximum absolute atomic E-state index is 12.7. The summed E-state index contributed by atoms with van der Waals surface area (Å²) in [5.74, 6) is -0.243. The lowest BCUT2D eigenvalue weighted by Crippen LogP contribution is -2.14. The van der Waals surface area contributed by atoms with Crippen molar-refractivity contribution < 1.29 is 4.79 Å². The molecule has 0 aliphatic rings. The number of hydrogen-bond acceptors (Lipinski definition) is 3. The number of carbonyl (C=O) groups is 1. The molecule has 0 aliphatic carbocycles. The molecule has 3 aromatic rings. The Bertz CT molecular complexity index is 934. The molecule has 1 aromatic heterocycles. The normalized spacial score (nSPS) is 11.7. The molecule has 1 unspecified atom stereocenters. The lowest BCUT2D eigenvalue weighted by molar-refractivity contribution is 0.102. The van der Waals surface area contributed by atoms with Crippen LogP contribution in [0.25, 0.3) is 0 Å². The summed E-state index contributed by atoms with van der Waals surface area (Å²) in [5.41, 5.74) is 5.02. The topological polar surface area (TPSA) is 54.0 Å². The number of rotatable bonds is 5. The van der Waals surface area contributed by atoms with Crippen LogP contribution < -0.4 is 10.6 Å². The molecule has 5 heteroatoms. The Hall–Kier alpha value is -2.85. The standard InChI is InChI=1S/C22H22ClN3O/c1-14-9-15(2)21(20(23)10-14)26-22(27)18-11-19(13-24-12-18)25-16(3)17-7-5-4-6-8-17/h4-13,16,25H,1-3H3,(H,26,27). The molecule has 0 radical (unpaired) electrons. The highest BCUT2D eigenvalue weighted by Gasteiger charge is 2.13. The highest BCUT2D eigenvalue weighted by Crippen LogP contribution is 2.28. The second-order valence-corrected chi connectivity index (χ2v) is 7.04. The van der Waals surface area contributed by atoms with Crippen LogP contribution in [0.3, 0.4) is 0 Å². The largest absolute Gasteiger partial charge is 0.377 e. The van der Waals surface area contributed by atoms with E-state index in [0.29, 0.717) is 16.3 Å². The molecule has 27 heavy (non-hydrogen) atoms. The molecule has 2 aromatic carbocycles. The van der Waals surface area contributed by atoms with Crippen molar-refractivity contribution in [2.45, 2.75) is 26.8 Å². The SMILES string of the molecule is Cc1cc(C)c(NC(=O)c2cncc(NC(C)c3ccccc3)c2)c(Cl)c1. The maximum atomic E-state index is 12.7. The van der Waals surface area contributed by atoms with E-state index < -0.39 is 0 Å². The summed E-state index contributed by atoms with van der Waals surface area (Å²) in [7, 11) is 0. The first-order valence-electron chi connectivity index (χ1n) is 8.78. The summed E-state index contributed by atoms with van der Waals surface area (Å²) in [6, 6.07) is 15.8. The quantitative estimate of drug-likeness (QED) is 0.591. The number of aromatic nitrogens is 1. The molecule has 0 spiro atoms. The molecule has 0 aliphatic heterocycles. The predicted octanol–water partition coefficient (Wildman–Crippen LogP) is 5.78. The first-order valence-corrected chi connectivity index (χ1v) is 9.16. The first-order chi connectivity index (χ1) is 12.9. The van der Waals surface area contributed by atoms with Crippen LogP contribution in [0.5, 0.6) is 0 Å². The summed E-state index contributed by atoms with van der Waals surface area (Å²) in [4.78, 5) is 16.9. The van der Waals surface area contributed by atoms with E-state index in [1.54, 1.807) is 18.5 Å². The minimum absolute atomic E-state index is 0.0973. The molecule has 1 amide bonds. The van der Waals surface area contributed by atoms with E-state index in [1.807, 2.05) is 44.2 Å². The second kappa shape index (κ2) is 8.23. The number of benzene rings is 2. The summed E-state index contributed by atoms with van der Waals surface area (Å²) in [5, 5.41) is 6.80. The average Bonchev–Trinajstić information content (AvgIpc) is 2.65. The smallest absolute Gasteiger partial charge is 0.257 e. The molecular formula is C22H22ClN3O. The highest BCUT2D eigenvalue weighted by molar-refractivity contribution is 6.34. The fraction of sp³-hybridized carbons (Fsp3) is 0.182. The average molecular weight is 380 g/mol. The summed E-state index contributed by atoms with van der Waals surface area (Å²) < 4.78 is 0. The molecule has 138 valence electrons. The molecular weight excluding hydrogens is 358 g/mol. The van der Waals surface area contributed by atoms with Gasteiger partial charge in [0.2, 0.25) is 0 Å². The molecule has 0 bridgehead atoms. The minimum atomic E-state index is -0.243. The van der Waals surface area contributed by atoms with Crippen LogP contribution in [-0.4, -0.2) is 10.9 Å². The third-order valence-corrected chi connectivity index (χ3v) is 4.65. The third-order valence-electron chi connectivity index (χ3n) is 4.35. The van der Waals surface area contributed by atoms with Gasteiger partial charge in [0.15, 0.2) is 0 Å². The zero-order valence-corrected chi connectivity index (χ0v) is 16.3. The zero-order valence-electron chi connectivity index (χ0n) is 15.6. The van der Waals surface area contributed by atoms with Gasteiger partial charge in [0, 0.05) is 18.4 Å². The minimum Gasteiger partial charge on any atom is -0.377 e. The molecule has 0 saturated carbocycles.